The first-order valence-corrected chi connectivity index (χ1v) is 7.40. The Morgan fingerprint density at radius 2 is 2.11 bits per heavy atom. The number of sulfonamides is 1. The van der Waals surface area contributed by atoms with Crippen LogP contribution in [0.15, 0.2) is 30.6 Å². The molecule has 0 aliphatic carbocycles. The summed E-state index contributed by atoms with van der Waals surface area (Å²) in [7, 11) is -2.00. The zero-order valence-electron chi connectivity index (χ0n) is 10.7. The number of nitrogens with zero attached hydrogens (tertiary/aromatic N) is 2. The van der Waals surface area contributed by atoms with E-state index in [2.05, 4.69) is 14.7 Å². The van der Waals surface area contributed by atoms with Gasteiger partial charge in [0.25, 0.3) is 0 Å². The lowest BCUT2D eigenvalue weighted by atomic mass is 10.3. The predicted octanol–water partition coefficient (Wildman–Crippen LogP) is 1.41. The van der Waals surface area contributed by atoms with Crippen molar-refractivity contribution >= 4 is 26.7 Å². The number of methoxy groups -OCH3 is 1. The number of anilines is 1. The molecular formula is C12H15N3O3S. The predicted molar refractivity (Wildman–Crippen MR) is 73.4 cm³/mol. The molecule has 0 radical (unpaired) electrons. The molecule has 19 heavy (non-hydrogen) atoms. The maximum atomic E-state index is 12.0. The van der Waals surface area contributed by atoms with Gasteiger partial charge in [0, 0.05) is 19.5 Å². The first-order chi connectivity index (χ1) is 9.02. The molecule has 0 spiro atoms. The Morgan fingerprint density at radius 1 is 1.32 bits per heavy atom. The molecule has 1 unspecified atom stereocenters. The van der Waals surface area contributed by atoms with E-state index < -0.39 is 10.0 Å². The van der Waals surface area contributed by atoms with Crippen molar-refractivity contribution in [1.29, 1.82) is 0 Å². The maximum Gasteiger partial charge on any atom is 0.235 e. The second-order valence-corrected chi connectivity index (χ2v) is 5.93. The highest BCUT2D eigenvalue weighted by Gasteiger charge is 2.16. The van der Waals surface area contributed by atoms with E-state index in [0.29, 0.717) is 16.7 Å². The van der Waals surface area contributed by atoms with Crippen LogP contribution in [-0.4, -0.2) is 37.4 Å². The summed E-state index contributed by atoms with van der Waals surface area (Å²) in [6.07, 6.45) is 2.76. The van der Waals surface area contributed by atoms with Crippen molar-refractivity contribution in [3.63, 3.8) is 0 Å². The zero-order chi connectivity index (χ0) is 13.9. The van der Waals surface area contributed by atoms with E-state index >= 15 is 0 Å². The molecule has 2 aromatic rings. The number of rotatable bonds is 5. The van der Waals surface area contributed by atoms with Crippen LogP contribution in [0.3, 0.4) is 0 Å². The highest BCUT2D eigenvalue weighted by molar-refractivity contribution is 7.92. The summed E-state index contributed by atoms with van der Waals surface area (Å²) in [5, 5.41) is 0. The van der Waals surface area contributed by atoms with E-state index in [1.165, 1.54) is 7.11 Å². The van der Waals surface area contributed by atoms with E-state index in [1.807, 2.05) is 0 Å². The third-order valence-electron chi connectivity index (χ3n) is 2.62. The lowest BCUT2D eigenvalue weighted by Gasteiger charge is -2.12. The molecule has 0 amide bonds. The summed E-state index contributed by atoms with van der Waals surface area (Å²) in [6, 6.07) is 5.11. The van der Waals surface area contributed by atoms with Crippen molar-refractivity contribution in [1.82, 2.24) is 9.97 Å². The Bertz CT molecular complexity index is 667. The van der Waals surface area contributed by atoms with Crippen LogP contribution in [0.5, 0.6) is 0 Å². The molecule has 1 N–H and O–H groups in total. The minimum atomic E-state index is -3.48. The molecular weight excluding hydrogens is 266 g/mol. The van der Waals surface area contributed by atoms with Crippen molar-refractivity contribution < 1.29 is 13.2 Å². The number of hydrogen-bond acceptors (Lipinski definition) is 5. The van der Waals surface area contributed by atoms with Crippen LogP contribution < -0.4 is 4.72 Å². The molecule has 0 bridgehead atoms. The quantitative estimate of drug-likeness (QED) is 0.896. The molecule has 6 nitrogen and oxygen atoms in total. The summed E-state index contributed by atoms with van der Waals surface area (Å²) in [5.74, 6) is -0.111. The third-order valence-corrected chi connectivity index (χ3v) is 4.06. The van der Waals surface area contributed by atoms with Gasteiger partial charge in [-0.25, -0.2) is 8.42 Å². The summed E-state index contributed by atoms with van der Waals surface area (Å²) < 4.78 is 31.4. The van der Waals surface area contributed by atoms with Gasteiger partial charge in [-0.05, 0) is 25.1 Å². The molecule has 0 aromatic carbocycles. The van der Waals surface area contributed by atoms with Crippen molar-refractivity contribution in [2.45, 2.75) is 13.0 Å². The summed E-state index contributed by atoms with van der Waals surface area (Å²) in [6.45, 7) is 1.70. The maximum absolute atomic E-state index is 12.0. The average Bonchev–Trinajstić information content (AvgIpc) is 2.38. The number of ether oxygens (including phenoxy) is 1. The molecule has 0 aliphatic heterocycles. The second-order valence-electron chi connectivity index (χ2n) is 4.16. The molecule has 0 aliphatic rings. The highest BCUT2D eigenvalue weighted by Crippen LogP contribution is 2.19. The van der Waals surface area contributed by atoms with E-state index in [4.69, 9.17) is 4.74 Å². The van der Waals surface area contributed by atoms with Gasteiger partial charge in [-0.2, -0.15) is 0 Å². The van der Waals surface area contributed by atoms with Gasteiger partial charge in [0.2, 0.25) is 10.0 Å². The normalized spacial score (nSPS) is 13.4. The van der Waals surface area contributed by atoms with Crippen molar-refractivity contribution in [3.8, 4) is 0 Å². The first kappa shape index (κ1) is 13.7. The van der Waals surface area contributed by atoms with Gasteiger partial charge in [0.05, 0.1) is 23.1 Å². The minimum absolute atomic E-state index is 0.111. The Morgan fingerprint density at radius 3 is 2.84 bits per heavy atom. The lowest BCUT2D eigenvalue weighted by Crippen LogP contribution is -2.25. The van der Waals surface area contributed by atoms with Gasteiger partial charge in [0.1, 0.15) is 5.52 Å². The van der Waals surface area contributed by atoms with Crippen molar-refractivity contribution in [2.24, 2.45) is 0 Å². The smallest absolute Gasteiger partial charge is 0.235 e. The van der Waals surface area contributed by atoms with E-state index in [0.717, 1.165) is 0 Å². The molecule has 0 saturated carbocycles. The topological polar surface area (TPSA) is 81.2 Å². The lowest BCUT2D eigenvalue weighted by molar-refractivity contribution is 0.136. The SMILES string of the molecule is COC(C)CS(=O)(=O)Nc1ccnc2cccnc12. The van der Waals surface area contributed by atoms with Crippen LogP contribution in [-0.2, 0) is 14.8 Å². The number of aromatic nitrogens is 2. The van der Waals surface area contributed by atoms with Crippen LogP contribution in [0.2, 0.25) is 0 Å². The van der Waals surface area contributed by atoms with Crippen LogP contribution in [0.25, 0.3) is 11.0 Å². The van der Waals surface area contributed by atoms with Crippen LogP contribution >= 0.6 is 0 Å². The average molecular weight is 281 g/mol. The van der Waals surface area contributed by atoms with E-state index in [-0.39, 0.29) is 11.9 Å². The molecule has 2 aromatic heterocycles. The Labute approximate surface area is 111 Å². The summed E-state index contributed by atoms with van der Waals surface area (Å²) >= 11 is 0. The van der Waals surface area contributed by atoms with Gasteiger partial charge in [-0.15, -0.1) is 0 Å². The Kier molecular flexibility index (Phi) is 3.96. The zero-order valence-corrected chi connectivity index (χ0v) is 11.5. The van der Waals surface area contributed by atoms with Crippen LogP contribution in [0, 0.1) is 0 Å². The standard InChI is InChI=1S/C12H15N3O3S/c1-9(18-2)8-19(16,17)15-11-5-7-13-10-4-3-6-14-12(10)11/h3-7,9H,8H2,1-2H3,(H,13,15). The molecule has 2 heterocycles. The molecule has 0 saturated heterocycles. The van der Waals surface area contributed by atoms with Gasteiger partial charge < -0.3 is 4.74 Å². The fourth-order valence-electron chi connectivity index (χ4n) is 1.65. The molecule has 7 heteroatoms. The Balaban J connectivity index is 2.31. The van der Waals surface area contributed by atoms with Gasteiger partial charge in [-0.3, -0.25) is 14.7 Å². The van der Waals surface area contributed by atoms with Crippen LogP contribution in [0.1, 0.15) is 6.92 Å². The van der Waals surface area contributed by atoms with Gasteiger partial charge in [0.15, 0.2) is 0 Å². The van der Waals surface area contributed by atoms with Crippen molar-refractivity contribution in [3.05, 3.63) is 30.6 Å². The first-order valence-electron chi connectivity index (χ1n) is 5.75. The monoisotopic (exact) mass is 281 g/mol. The molecule has 0 fully saturated rings. The largest absolute Gasteiger partial charge is 0.381 e. The fourth-order valence-corrected chi connectivity index (χ4v) is 2.99. The Hall–Kier alpha value is -1.73. The number of nitrogens with one attached hydrogen (secondary N) is 1. The molecule has 1 atom stereocenters. The summed E-state index contributed by atoms with van der Waals surface area (Å²) in [5.41, 5.74) is 1.59. The van der Waals surface area contributed by atoms with E-state index in [9.17, 15) is 8.42 Å². The molecule has 102 valence electrons. The minimum Gasteiger partial charge on any atom is -0.381 e. The van der Waals surface area contributed by atoms with Crippen molar-refractivity contribution in [2.75, 3.05) is 17.6 Å². The molecule has 2 rings (SSSR count). The van der Waals surface area contributed by atoms with Crippen LogP contribution in [0.4, 0.5) is 5.69 Å². The van der Waals surface area contributed by atoms with E-state index in [1.54, 1.807) is 37.5 Å². The number of hydrogen-bond donors (Lipinski definition) is 1. The number of fused-ring (bicyclic) bond motifs is 1. The number of pyridine rings is 2. The fraction of sp³-hybridized carbons (Fsp3) is 0.333. The second kappa shape index (κ2) is 5.50. The van der Waals surface area contributed by atoms with Gasteiger partial charge >= 0.3 is 0 Å². The summed E-state index contributed by atoms with van der Waals surface area (Å²) in [4.78, 5) is 8.27. The van der Waals surface area contributed by atoms with Gasteiger partial charge in [-0.1, -0.05) is 0 Å². The highest BCUT2D eigenvalue weighted by atomic mass is 32.2. The third kappa shape index (κ3) is 3.39.